The standard InChI is InChI=1S/C10H5Cl3FN/c11-4-6-1-5-2-7(14)3-8(12)9(5)15-10(6)13/h1-3H,4H2. The molecule has 0 spiro atoms. The van der Waals surface area contributed by atoms with Gasteiger partial charge in [-0.3, -0.25) is 0 Å². The van der Waals surface area contributed by atoms with Crippen molar-refractivity contribution in [1.29, 1.82) is 0 Å². The molecule has 0 aliphatic carbocycles. The predicted octanol–water partition coefficient (Wildman–Crippen LogP) is 4.42. The van der Waals surface area contributed by atoms with Crippen molar-refractivity contribution in [2.75, 3.05) is 0 Å². The van der Waals surface area contributed by atoms with E-state index in [-0.39, 0.29) is 10.9 Å². The Bertz CT molecular complexity index is 528. The fourth-order valence-corrected chi connectivity index (χ4v) is 2.06. The van der Waals surface area contributed by atoms with Crippen molar-refractivity contribution in [3.63, 3.8) is 0 Å². The van der Waals surface area contributed by atoms with Crippen LogP contribution in [0.2, 0.25) is 10.2 Å². The van der Waals surface area contributed by atoms with Crippen LogP contribution in [0.15, 0.2) is 18.2 Å². The van der Waals surface area contributed by atoms with Crippen molar-refractivity contribution in [1.82, 2.24) is 4.98 Å². The SMILES string of the molecule is Fc1cc(Cl)c2nc(Cl)c(CCl)cc2c1. The van der Waals surface area contributed by atoms with Gasteiger partial charge in [0.05, 0.1) is 16.4 Å². The number of nitrogens with zero attached hydrogens (tertiary/aromatic N) is 1. The summed E-state index contributed by atoms with van der Waals surface area (Å²) >= 11 is 17.4. The number of rotatable bonds is 1. The molecule has 2 aromatic rings. The highest BCUT2D eigenvalue weighted by Gasteiger charge is 2.08. The Balaban J connectivity index is 2.81. The lowest BCUT2D eigenvalue weighted by Crippen LogP contribution is -1.89. The van der Waals surface area contributed by atoms with E-state index >= 15 is 0 Å². The van der Waals surface area contributed by atoms with E-state index in [1.807, 2.05) is 0 Å². The van der Waals surface area contributed by atoms with Gasteiger partial charge in [-0.25, -0.2) is 9.37 Å². The topological polar surface area (TPSA) is 12.9 Å². The quantitative estimate of drug-likeness (QED) is 0.549. The summed E-state index contributed by atoms with van der Waals surface area (Å²) in [6, 6.07) is 4.24. The van der Waals surface area contributed by atoms with Crippen molar-refractivity contribution < 1.29 is 4.39 Å². The lowest BCUT2D eigenvalue weighted by atomic mass is 10.2. The zero-order chi connectivity index (χ0) is 11.0. The van der Waals surface area contributed by atoms with Gasteiger partial charge in [-0.1, -0.05) is 23.2 Å². The Morgan fingerprint density at radius 2 is 1.93 bits per heavy atom. The van der Waals surface area contributed by atoms with Crippen LogP contribution in [0.4, 0.5) is 4.39 Å². The number of halogens is 4. The molecule has 1 aromatic heterocycles. The van der Waals surface area contributed by atoms with Crippen molar-refractivity contribution in [3.8, 4) is 0 Å². The van der Waals surface area contributed by atoms with Crippen molar-refractivity contribution in [3.05, 3.63) is 39.8 Å². The van der Waals surface area contributed by atoms with Crippen LogP contribution < -0.4 is 0 Å². The Labute approximate surface area is 101 Å². The van der Waals surface area contributed by atoms with Crippen LogP contribution in [-0.2, 0) is 5.88 Å². The van der Waals surface area contributed by atoms with E-state index in [9.17, 15) is 4.39 Å². The van der Waals surface area contributed by atoms with E-state index < -0.39 is 5.82 Å². The molecule has 0 radical (unpaired) electrons. The van der Waals surface area contributed by atoms with E-state index in [0.717, 1.165) is 0 Å². The minimum atomic E-state index is -0.405. The maximum Gasteiger partial charge on any atom is 0.134 e. The number of pyridine rings is 1. The molecule has 0 aliphatic heterocycles. The smallest absolute Gasteiger partial charge is 0.134 e. The van der Waals surface area contributed by atoms with Crippen molar-refractivity contribution >= 4 is 45.7 Å². The molecule has 1 heterocycles. The maximum absolute atomic E-state index is 13.1. The molecular weight excluding hydrogens is 259 g/mol. The normalized spacial score (nSPS) is 10.9. The van der Waals surface area contributed by atoms with Gasteiger partial charge in [-0.2, -0.15) is 0 Å². The van der Waals surface area contributed by atoms with Gasteiger partial charge < -0.3 is 0 Å². The van der Waals surface area contributed by atoms with E-state index in [1.165, 1.54) is 12.1 Å². The molecule has 2 rings (SSSR count). The van der Waals surface area contributed by atoms with E-state index in [2.05, 4.69) is 4.98 Å². The van der Waals surface area contributed by atoms with Gasteiger partial charge in [-0.15, -0.1) is 11.6 Å². The van der Waals surface area contributed by atoms with Gasteiger partial charge in [0, 0.05) is 10.9 Å². The predicted molar refractivity (Wildman–Crippen MR) is 61.3 cm³/mol. The number of hydrogen-bond acceptors (Lipinski definition) is 1. The van der Waals surface area contributed by atoms with Gasteiger partial charge in [0.15, 0.2) is 0 Å². The summed E-state index contributed by atoms with van der Waals surface area (Å²) in [4.78, 5) is 4.07. The second kappa shape index (κ2) is 4.12. The third-order valence-electron chi connectivity index (χ3n) is 2.01. The molecule has 0 bridgehead atoms. The molecule has 0 atom stereocenters. The minimum Gasteiger partial charge on any atom is -0.234 e. The summed E-state index contributed by atoms with van der Waals surface area (Å²) < 4.78 is 13.1. The number of aromatic nitrogens is 1. The zero-order valence-electron chi connectivity index (χ0n) is 7.40. The number of benzene rings is 1. The molecule has 0 saturated carbocycles. The van der Waals surface area contributed by atoms with Crippen LogP contribution in [0.5, 0.6) is 0 Å². The summed E-state index contributed by atoms with van der Waals surface area (Å²) in [6.45, 7) is 0. The van der Waals surface area contributed by atoms with Crippen LogP contribution in [0.1, 0.15) is 5.56 Å². The number of alkyl halides is 1. The summed E-state index contributed by atoms with van der Waals surface area (Å²) in [5.41, 5.74) is 1.14. The van der Waals surface area contributed by atoms with E-state index in [1.54, 1.807) is 6.07 Å². The molecule has 0 aliphatic rings. The van der Waals surface area contributed by atoms with E-state index in [0.29, 0.717) is 21.6 Å². The van der Waals surface area contributed by atoms with Crippen LogP contribution >= 0.6 is 34.8 Å². The summed E-state index contributed by atoms with van der Waals surface area (Å²) in [6.07, 6.45) is 0. The van der Waals surface area contributed by atoms with Gasteiger partial charge in [0.25, 0.3) is 0 Å². The molecule has 5 heteroatoms. The van der Waals surface area contributed by atoms with Gasteiger partial charge in [-0.05, 0) is 18.2 Å². The molecule has 0 fully saturated rings. The molecule has 1 nitrogen and oxygen atoms in total. The van der Waals surface area contributed by atoms with Crippen LogP contribution in [0.3, 0.4) is 0 Å². The molecule has 0 N–H and O–H groups in total. The minimum absolute atomic E-state index is 0.232. The highest BCUT2D eigenvalue weighted by atomic mass is 35.5. The Morgan fingerprint density at radius 1 is 1.20 bits per heavy atom. The first-order valence-electron chi connectivity index (χ1n) is 4.12. The number of fused-ring (bicyclic) bond motifs is 1. The lowest BCUT2D eigenvalue weighted by molar-refractivity contribution is 0.629. The first-order chi connectivity index (χ1) is 7.11. The second-order valence-corrected chi connectivity index (χ2v) is 4.06. The average molecular weight is 265 g/mol. The highest BCUT2D eigenvalue weighted by Crippen LogP contribution is 2.27. The maximum atomic E-state index is 13.1. The molecule has 0 unspecified atom stereocenters. The Morgan fingerprint density at radius 3 is 2.60 bits per heavy atom. The van der Waals surface area contributed by atoms with Crippen LogP contribution in [-0.4, -0.2) is 4.98 Å². The van der Waals surface area contributed by atoms with Crippen LogP contribution in [0.25, 0.3) is 10.9 Å². The second-order valence-electron chi connectivity index (χ2n) is 3.03. The van der Waals surface area contributed by atoms with Gasteiger partial charge in [0.2, 0.25) is 0 Å². The van der Waals surface area contributed by atoms with Crippen molar-refractivity contribution in [2.45, 2.75) is 5.88 Å². The first-order valence-corrected chi connectivity index (χ1v) is 5.41. The monoisotopic (exact) mass is 263 g/mol. The zero-order valence-corrected chi connectivity index (χ0v) is 9.67. The average Bonchev–Trinajstić information content (AvgIpc) is 2.18. The molecule has 0 saturated heterocycles. The first kappa shape index (κ1) is 10.9. The van der Waals surface area contributed by atoms with Crippen molar-refractivity contribution in [2.24, 2.45) is 0 Å². The molecule has 0 amide bonds. The fourth-order valence-electron chi connectivity index (χ4n) is 1.32. The third kappa shape index (κ3) is 2.03. The number of hydrogen-bond donors (Lipinski definition) is 0. The molecule has 1 aromatic carbocycles. The fraction of sp³-hybridized carbons (Fsp3) is 0.100. The summed E-state index contributed by atoms with van der Waals surface area (Å²) in [5.74, 6) is -0.173. The largest absolute Gasteiger partial charge is 0.234 e. The molecular formula is C10H5Cl3FN. The highest BCUT2D eigenvalue weighted by molar-refractivity contribution is 6.36. The third-order valence-corrected chi connectivity index (χ3v) is 2.91. The molecule has 15 heavy (non-hydrogen) atoms. The molecule has 78 valence electrons. The summed E-state index contributed by atoms with van der Waals surface area (Å²) in [5, 5.41) is 1.14. The van der Waals surface area contributed by atoms with Gasteiger partial charge >= 0.3 is 0 Å². The Hall–Kier alpha value is -0.570. The lowest BCUT2D eigenvalue weighted by Gasteiger charge is -2.04. The van der Waals surface area contributed by atoms with Crippen LogP contribution in [0, 0.1) is 5.82 Å². The Kier molecular flexibility index (Phi) is 3.01. The van der Waals surface area contributed by atoms with E-state index in [4.69, 9.17) is 34.8 Å². The van der Waals surface area contributed by atoms with Gasteiger partial charge in [0.1, 0.15) is 11.0 Å². The summed E-state index contributed by atoms with van der Waals surface area (Å²) in [7, 11) is 0.